The zero-order valence-electron chi connectivity index (χ0n) is 15.0. The Hall–Kier alpha value is -2.93. The van der Waals surface area contributed by atoms with E-state index < -0.39 is 0 Å². The highest BCUT2D eigenvalue weighted by atomic mass is 16.4. The highest BCUT2D eigenvalue weighted by Crippen LogP contribution is 2.25. The Morgan fingerprint density at radius 1 is 1.04 bits per heavy atom. The topological polar surface area (TPSA) is 70.3 Å². The Morgan fingerprint density at radius 3 is 2.69 bits per heavy atom. The normalized spacial score (nSPS) is 15.2. The lowest BCUT2D eigenvalue weighted by Gasteiger charge is -2.31. The van der Waals surface area contributed by atoms with Gasteiger partial charge in [-0.25, -0.2) is 15.0 Å². The van der Waals surface area contributed by atoms with Crippen molar-refractivity contribution in [1.29, 1.82) is 0 Å². The molecule has 1 saturated heterocycles. The first-order valence-electron chi connectivity index (χ1n) is 8.74. The van der Waals surface area contributed by atoms with Crippen LogP contribution < -0.4 is 10.2 Å². The van der Waals surface area contributed by atoms with Crippen molar-refractivity contribution in [2.45, 2.75) is 6.92 Å². The minimum absolute atomic E-state index is 0.661. The second-order valence-electron chi connectivity index (χ2n) is 6.55. The summed E-state index contributed by atoms with van der Waals surface area (Å²) >= 11 is 0. The van der Waals surface area contributed by atoms with Crippen LogP contribution in [-0.2, 0) is 0 Å². The molecule has 0 unspecified atom stereocenters. The van der Waals surface area contributed by atoms with Gasteiger partial charge in [-0.1, -0.05) is 6.07 Å². The van der Waals surface area contributed by atoms with Gasteiger partial charge in [-0.3, -0.25) is 0 Å². The Bertz CT molecular complexity index is 885. The minimum atomic E-state index is 0.661. The quantitative estimate of drug-likeness (QED) is 0.776. The highest BCUT2D eigenvalue weighted by Gasteiger charge is 2.19. The average Bonchev–Trinajstić information content (AvgIpc) is 3.13. The standard InChI is InChI=1S/C19H22N6O/c1-14-6-7-20-18(12-14)23-17-5-3-4-15(22-17)16-13-21-19(26-16)25-10-8-24(2)9-11-25/h3-7,12-13H,8-11H2,1-2H3,(H,20,22,23). The number of likely N-dealkylation sites (N-methyl/N-ethyl adjacent to an activating group) is 1. The maximum Gasteiger partial charge on any atom is 0.297 e. The van der Waals surface area contributed by atoms with Gasteiger partial charge in [0.15, 0.2) is 5.76 Å². The fourth-order valence-electron chi connectivity index (χ4n) is 2.90. The van der Waals surface area contributed by atoms with Crippen LogP contribution in [0.3, 0.4) is 0 Å². The summed E-state index contributed by atoms with van der Waals surface area (Å²) in [7, 11) is 2.13. The van der Waals surface area contributed by atoms with E-state index >= 15 is 0 Å². The third-order valence-electron chi connectivity index (χ3n) is 4.44. The molecule has 0 saturated carbocycles. The van der Waals surface area contributed by atoms with Crippen molar-refractivity contribution in [3.63, 3.8) is 0 Å². The summed E-state index contributed by atoms with van der Waals surface area (Å²) in [5, 5.41) is 3.23. The van der Waals surface area contributed by atoms with E-state index in [0.29, 0.717) is 11.8 Å². The lowest BCUT2D eigenvalue weighted by molar-refractivity contribution is 0.305. The first-order chi connectivity index (χ1) is 12.7. The summed E-state index contributed by atoms with van der Waals surface area (Å²) in [6, 6.07) is 10.4. The number of aromatic nitrogens is 3. The molecule has 4 rings (SSSR count). The molecule has 7 heteroatoms. The molecule has 0 atom stereocenters. The van der Waals surface area contributed by atoms with Crippen LogP contribution in [0, 0.1) is 6.92 Å². The molecule has 3 aromatic heterocycles. The molecule has 0 aromatic carbocycles. The van der Waals surface area contributed by atoms with E-state index in [1.165, 1.54) is 0 Å². The number of nitrogens with one attached hydrogen (secondary N) is 1. The smallest absolute Gasteiger partial charge is 0.297 e. The average molecular weight is 350 g/mol. The zero-order chi connectivity index (χ0) is 17.9. The molecule has 1 N–H and O–H groups in total. The van der Waals surface area contributed by atoms with Gasteiger partial charge in [-0.2, -0.15) is 0 Å². The van der Waals surface area contributed by atoms with Crippen molar-refractivity contribution < 1.29 is 4.42 Å². The molecule has 134 valence electrons. The van der Waals surface area contributed by atoms with E-state index in [4.69, 9.17) is 4.42 Å². The van der Waals surface area contributed by atoms with Crippen LogP contribution in [0.2, 0.25) is 0 Å². The van der Waals surface area contributed by atoms with E-state index in [1.807, 2.05) is 37.3 Å². The molecular weight excluding hydrogens is 328 g/mol. The van der Waals surface area contributed by atoms with Gasteiger partial charge in [0, 0.05) is 32.4 Å². The molecule has 7 nitrogen and oxygen atoms in total. The monoisotopic (exact) mass is 350 g/mol. The van der Waals surface area contributed by atoms with Crippen molar-refractivity contribution in [2.24, 2.45) is 0 Å². The molecule has 0 bridgehead atoms. The lowest BCUT2D eigenvalue weighted by Crippen LogP contribution is -2.44. The first-order valence-corrected chi connectivity index (χ1v) is 8.74. The first kappa shape index (κ1) is 16.5. The predicted octanol–water partition coefficient (Wildman–Crippen LogP) is 2.94. The number of hydrogen-bond acceptors (Lipinski definition) is 7. The Kier molecular flexibility index (Phi) is 4.53. The maximum absolute atomic E-state index is 5.96. The van der Waals surface area contributed by atoms with Crippen LogP contribution in [0.5, 0.6) is 0 Å². The van der Waals surface area contributed by atoms with Gasteiger partial charge in [0.1, 0.15) is 17.3 Å². The summed E-state index contributed by atoms with van der Waals surface area (Å²) in [5.41, 5.74) is 1.89. The molecule has 26 heavy (non-hydrogen) atoms. The van der Waals surface area contributed by atoms with Gasteiger partial charge in [-0.05, 0) is 43.8 Å². The van der Waals surface area contributed by atoms with Crippen LogP contribution in [0.15, 0.2) is 47.1 Å². The Morgan fingerprint density at radius 2 is 1.88 bits per heavy atom. The van der Waals surface area contributed by atoms with Crippen molar-refractivity contribution in [1.82, 2.24) is 19.9 Å². The minimum Gasteiger partial charge on any atom is -0.422 e. The van der Waals surface area contributed by atoms with E-state index in [1.54, 1.807) is 12.4 Å². The van der Waals surface area contributed by atoms with Gasteiger partial charge in [-0.15, -0.1) is 0 Å². The van der Waals surface area contributed by atoms with Gasteiger partial charge in [0.05, 0.1) is 6.20 Å². The van der Waals surface area contributed by atoms with Crippen LogP contribution in [0.1, 0.15) is 5.56 Å². The van der Waals surface area contributed by atoms with Crippen molar-refractivity contribution >= 4 is 17.7 Å². The number of rotatable bonds is 4. The largest absolute Gasteiger partial charge is 0.422 e. The number of pyridine rings is 2. The van der Waals surface area contributed by atoms with Gasteiger partial charge in [0.25, 0.3) is 6.01 Å². The third-order valence-corrected chi connectivity index (χ3v) is 4.44. The summed E-state index contributed by atoms with van der Waals surface area (Å²) in [5.74, 6) is 2.16. The molecule has 0 spiro atoms. The number of oxazole rings is 1. The van der Waals surface area contributed by atoms with Gasteiger partial charge in [0.2, 0.25) is 0 Å². The summed E-state index contributed by atoms with van der Waals surface area (Å²) in [6.45, 7) is 5.90. The molecule has 3 aromatic rings. The summed E-state index contributed by atoms with van der Waals surface area (Å²) in [6.07, 6.45) is 3.52. The number of anilines is 3. The molecular formula is C19H22N6O. The lowest BCUT2D eigenvalue weighted by atomic mass is 10.3. The number of nitrogens with zero attached hydrogens (tertiary/aromatic N) is 5. The van der Waals surface area contributed by atoms with Crippen molar-refractivity contribution in [2.75, 3.05) is 43.4 Å². The second kappa shape index (κ2) is 7.13. The van der Waals surface area contributed by atoms with Crippen LogP contribution in [0.4, 0.5) is 17.7 Å². The van der Waals surface area contributed by atoms with Gasteiger partial charge >= 0.3 is 0 Å². The fraction of sp³-hybridized carbons (Fsp3) is 0.316. The Labute approximate surface area is 152 Å². The Balaban J connectivity index is 1.51. The zero-order valence-corrected chi connectivity index (χ0v) is 15.0. The third kappa shape index (κ3) is 3.67. The van der Waals surface area contributed by atoms with Crippen molar-refractivity contribution in [3.8, 4) is 11.5 Å². The van der Waals surface area contributed by atoms with E-state index in [2.05, 4.69) is 37.1 Å². The number of aryl methyl sites for hydroxylation is 1. The molecule has 0 radical (unpaired) electrons. The summed E-state index contributed by atoms with van der Waals surface area (Å²) < 4.78 is 5.96. The number of piperazine rings is 1. The predicted molar refractivity (Wildman–Crippen MR) is 102 cm³/mol. The molecule has 0 aliphatic carbocycles. The maximum atomic E-state index is 5.96. The van der Waals surface area contributed by atoms with Crippen LogP contribution in [0.25, 0.3) is 11.5 Å². The van der Waals surface area contributed by atoms with E-state index in [0.717, 1.165) is 49.1 Å². The van der Waals surface area contributed by atoms with Crippen molar-refractivity contribution in [3.05, 3.63) is 48.3 Å². The molecule has 1 aliphatic heterocycles. The molecule has 1 aliphatic rings. The van der Waals surface area contributed by atoms with Gasteiger partial charge < -0.3 is 19.5 Å². The SMILES string of the molecule is Cc1ccnc(Nc2cccc(-c3cnc(N4CCN(C)CC4)o3)n2)c1. The van der Waals surface area contributed by atoms with E-state index in [-0.39, 0.29) is 0 Å². The second-order valence-corrected chi connectivity index (χ2v) is 6.55. The van der Waals surface area contributed by atoms with Crippen LogP contribution >= 0.6 is 0 Å². The summed E-state index contributed by atoms with van der Waals surface area (Å²) in [4.78, 5) is 17.8. The molecule has 0 amide bonds. The van der Waals surface area contributed by atoms with E-state index in [9.17, 15) is 0 Å². The van der Waals surface area contributed by atoms with Crippen LogP contribution in [-0.4, -0.2) is 53.1 Å². The number of hydrogen-bond donors (Lipinski definition) is 1. The fourth-order valence-corrected chi connectivity index (χ4v) is 2.90. The molecule has 4 heterocycles. The highest BCUT2D eigenvalue weighted by molar-refractivity contribution is 5.59. The molecule has 1 fully saturated rings.